The minimum atomic E-state index is -2.79. The molecule has 5 nitrogen and oxygen atoms in total. The summed E-state index contributed by atoms with van der Waals surface area (Å²) in [5.41, 5.74) is 10.3. The van der Waals surface area contributed by atoms with E-state index in [1.165, 1.54) is 6.07 Å². The van der Waals surface area contributed by atoms with E-state index in [1.807, 2.05) is 0 Å². The van der Waals surface area contributed by atoms with E-state index < -0.39 is 18.1 Å². The van der Waals surface area contributed by atoms with E-state index in [4.69, 9.17) is 16.2 Å². The lowest BCUT2D eigenvalue weighted by Gasteiger charge is -2.10. The van der Waals surface area contributed by atoms with Crippen molar-refractivity contribution >= 4 is 11.8 Å². The maximum atomic E-state index is 12.6. The van der Waals surface area contributed by atoms with Gasteiger partial charge in [-0.25, -0.2) is 18.6 Å². The number of ether oxygens (including phenoxy) is 1. The van der Waals surface area contributed by atoms with E-state index in [1.54, 1.807) is 6.92 Å². The minimum Gasteiger partial charge on any atom is -0.462 e. The number of anilines is 1. The number of hydrogen-bond donors (Lipinski definition) is 2. The summed E-state index contributed by atoms with van der Waals surface area (Å²) in [6.07, 6.45) is -2.79. The van der Waals surface area contributed by atoms with Crippen molar-refractivity contribution in [1.29, 1.82) is 0 Å². The van der Waals surface area contributed by atoms with Crippen LogP contribution in [0.3, 0.4) is 0 Å². The third kappa shape index (κ3) is 2.88. The molecule has 1 aromatic heterocycles. The van der Waals surface area contributed by atoms with Crippen LogP contribution in [-0.4, -0.2) is 17.6 Å². The number of carbonyl (C=O) groups is 1. The lowest BCUT2D eigenvalue weighted by Crippen LogP contribution is -2.14. The molecule has 0 atom stereocenters. The van der Waals surface area contributed by atoms with Gasteiger partial charge >= 0.3 is 5.97 Å². The molecule has 0 aliphatic rings. The monoisotopic (exact) mass is 245 g/mol. The van der Waals surface area contributed by atoms with Crippen LogP contribution < -0.4 is 11.5 Å². The van der Waals surface area contributed by atoms with Crippen molar-refractivity contribution < 1.29 is 18.3 Å². The van der Waals surface area contributed by atoms with E-state index >= 15 is 0 Å². The van der Waals surface area contributed by atoms with Crippen molar-refractivity contribution in [1.82, 2.24) is 4.98 Å². The van der Waals surface area contributed by atoms with Crippen LogP contribution in [0.4, 0.5) is 14.6 Å². The van der Waals surface area contributed by atoms with Crippen LogP contribution in [0.25, 0.3) is 0 Å². The quantitative estimate of drug-likeness (QED) is 0.778. The smallest absolute Gasteiger partial charge is 0.341 e. The number of esters is 1. The van der Waals surface area contributed by atoms with Crippen LogP contribution in [0.5, 0.6) is 0 Å². The number of aromatic nitrogens is 1. The first-order valence-corrected chi connectivity index (χ1v) is 4.95. The van der Waals surface area contributed by atoms with E-state index in [0.717, 1.165) is 0 Å². The number of nitrogen functional groups attached to an aromatic ring is 1. The summed E-state index contributed by atoms with van der Waals surface area (Å²) < 4.78 is 29.9. The first-order chi connectivity index (χ1) is 8.01. The normalized spacial score (nSPS) is 10.6. The molecule has 0 saturated heterocycles. The Hall–Kier alpha value is -1.76. The van der Waals surface area contributed by atoms with Gasteiger partial charge in [0.1, 0.15) is 17.1 Å². The summed E-state index contributed by atoms with van der Waals surface area (Å²) in [5.74, 6) is -0.982. The topological polar surface area (TPSA) is 91.2 Å². The molecule has 1 rings (SSSR count). The second kappa shape index (κ2) is 5.53. The van der Waals surface area contributed by atoms with E-state index in [0.29, 0.717) is 0 Å². The van der Waals surface area contributed by atoms with Crippen molar-refractivity contribution in [2.75, 3.05) is 12.3 Å². The molecule has 7 heteroatoms. The highest BCUT2D eigenvalue weighted by atomic mass is 19.3. The van der Waals surface area contributed by atoms with Gasteiger partial charge in [-0.1, -0.05) is 0 Å². The van der Waals surface area contributed by atoms with Crippen LogP contribution in [0.2, 0.25) is 0 Å². The fraction of sp³-hybridized carbons (Fsp3) is 0.400. The highest BCUT2D eigenvalue weighted by molar-refractivity contribution is 5.94. The molecule has 94 valence electrons. The standard InChI is InChI=1S/C10H13F2N3O2/c1-2-17-10(16)6-3-5(4-13)7(8(11)12)15-9(6)14/h3,8H,2,4,13H2,1H3,(H2,14,15). The summed E-state index contributed by atoms with van der Waals surface area (Å²) in [4.78, 5) is 14.9. The zero-order valence-electron chi connectivity index (χ0n) is 9.24. The average molecular weight is 245 g/mol. The maximum Gasteiger partial charge on any atom is 0.341 e. The molecule has 0 amide bonds. The third-order valence-corrected chi connectivity index (χ3v) is 2.09. The van der Waals surface area contributed by atoms with Crippen LogP contribution >= 0.6 is 0 Å². The molecule has 17 heavy (non-hydrogen) atoms. The molecule has 0 unspecified atom stereocenters. The van der Waals surface area contributed by atoms with Crippen LogP contribution in [-0.2, 0) is 11.3 Å². The largest absolute Gasteiger partial charge is 0.462 e. The number of hydrogen-bond acceptors (Lipinski definition) is 5. The Morgan fingerprint density at radius 2 is 2.24 bits per heavy atom. The lowest BCUT2D eigenvalue weighted by molar-refractivity contribution is 0.0526. The second-order valence-electron chi connectivity index (χ2n) is 3.19. The Labute approximate surface area is 96.8 Å². The fourth-order valence-electron chi connectivity index (χ4n) is 1.31. The Kier molecular flexibility index (Phi) is 4.33. The zero-order chi connectivity index (χ0) is 13.0. The van der Waals surface area contributed by atoms with Crippen LogP contribution in [0.15, 0.2) is 6.07 Å². The van der Waals surface area contributed by atoms with Crippen LogP contribution in [0.1, 0.15) is 35.0 Å². The van der Waals surface area contributed by atoms with Gasteiger partial charge in [0.05, 0.1) is 6.61 Å². The molecular formula is C10H13F2N3O2. The number of alkyl halides is 2. The first-order valence-electron chi connectivity index (χ1n) is 4.95. The van der Waals surface area contributed by atoms with Crippen molar-refractivity contribution in [3.63, 3.8) is 0 Å². The van der Waals surface area contributed by atoms with Gasteiger partial charge in [0, 0.05) is 6.54 Å². The van der Waals surface area contributed by atoms with Gasteiger partial charge in [0.2, 0.25) is 0 Å². The van der Waals surface area contributed by atoms with Gasteiger partial charge in [0.15, 0.2) is 0 Å². The Balaban J connectivity index is 3.22. The molecule has 0 aliphatic heterocycles. The third-order valence-electron chi connectivity index (χ3n) is 2.09. The molecule has 0 bridgehead atoms. The van der Waals surface area contributed by atoms with Gasteiger partial charge in [0.25, 0.3) is 6.43 Å². The highest BCUT2D eigenvalue weighted by Gasteiger charge is 2.20. The summed E-state index contributed by atoms with van der Waals surface area (Å²) >= 11 is 0. The van der Waals surface area contributed by atoms with Gasteiger partial charge in [-0.3, -0.25) is 0 Å². The number of nitrogens with zero attached hydrogens (tertiary/aromatic N) is 1. The van der Waals surface area contributed by atoms with Crippen molar-refractivity contribution in [2.45, 2.75) is 19.9 Å². The molecule has 0 saturated carbocycles. The molecule has 0 aliphatic carbocycles. The van der Waals surface area contributed by atoms with E-state index in [2.05, 4.69) is 4.98 Å². The van der Waals surface area contributed by atoms with Crippen molar-refractivity contribution in [2.24, 2.45) is 5.73 Å². The van der Waals surface area contributed by atoms with Gasteiger partial charge in [-0.05, 0) is 18.6 Å². The molecule has 4 N–H and O–H groups in total. The predicted molar refractivity (Wildman–Crippen MR) is 57.5 cm³/mol. The molecular weight excluding hydrogens is 232 g/mol. The fourth-order valence-corrected chi connectivity index (χ4v) is 1.31. The molecule has 0 radical (unpaired) electrons. The number of carbonyl (C=O) groups excluding carboxylic acids is 1. The number of pyridine rings is 1. The first kappa shape index (κ1) is 13.3. The van der Waals surface area contributed by atoms with Gasteiger partial charge in [-0.15, -0.1) is 0 Å². The number of halogens is 2. The Morgan fingerprint density at radius 1 is 1.59 bits per heavy atom. The van der Waals surface area contributed by atoms with Crippen LogP contribution in [0, 0.1) is 0 Å². The Bertz CT molecular complexity index is 424. The van der Waals surface area contributed by atoms with Crippen molar-refractivity contribution in [3.05, 3.63) is 22.9 Å². The summed E-state index contributed by atoms with van der Waals surface area (Å²) in [7, 11) is 0. The molecule has 0 fully saturated rings. The Morgan fingerprint density at radius 3 is 2.71 bits per heavy atom. The second-order valence-corrected chi connectivity index (χ2v) is 3.19. The highest BCUT2D eigenvalue weighted by Crippen LogP contribution is 2.24. The maximum absolute atomic E-state index is 12.6. The molecule has 0 aromatic carbocycles. The summed E-state index contributed by atoms with van der Waals surface area (Å²) in [5, 5.41) is 0. The molecule has 0 spiro atoms. The molecule has 1 aromatic rings. The average Bonchev–Trinajstić information content (AvgIpc) is 2.28. The van der Waals surface area contributed by atoms with E-state index in [9.17, 15) is 13.6 Å². The summed E-state index contributed by atoms with van der Waals surface area (Å²) in [6.45, 7) is 1.63. The predicted octanol–water partition coefficient (Wildman–Crippen LogP) is 1.24. The van der Waals surface area contributed by atoms with Gasteiger partial charge < -0.3 is 16.2 Å². The number of rotatable bonds is 4. The van der Waals surface area contributed by atoms with Crippen molar-refractivity contribution in [3.8, 4) is 0 Å². The summed E-state index contributed by atoms with van der Waals surface area (Å²) in [6, 6.07) is 1.20. The van der Waals surface area contributed by atoms with Gasteiger partial charge in [-0.2, -0.15) is 0 Å². The lowest BCUT2D eigenvalue weighted by atomic mass is 10.1. The molecule has 1 heterocycles. The number of nitrogens with two attached hydrogens (primary N) is 2. The zero-order valence-corrected chi connectivity index (χ0v) is 9.24. The van der Waals surface area contributed by atoms with E-state index in [-0.39, 0.29) is 30.1 Å². The SMILES string of the molecule is CCOC(=O)c1cc(CN)c(C(F)F)nc1N. The minimum absolute atomic E-state index is 0.0447.